The summed E-state index contributed by atoms with van der Waals surface area (Å²) < 4.78 is 0. The van der Waals surface area contributed by atoms with Crippen molar-refractivity contribution in [1.29, 1.82) is 0 Å². The van der Waals surface area contributed by atoms with Gasteiger partial charge in [-0.3, -0.25) is 0 Å². The monoisotopic (exact) mass is 195 g/mol. The van der Waals surface area contributed by atoms with Crippen LogP contribution in [0.2, 0.25) is 0 Å². The van der Waals surface area contributed by atoms with Gasteiger partial charge in [0.25, 0.3) is 0 Å². The Morgan fingerprint density at radius 1 is 1.54 bits per heavy atom. The lowest BCUT2D eigenvalue weighted by Gasteiger charge is -1.86. The summed E-state index contributed by atoms with van der Waals surface area (Å²) in [5.74, 6) is 0. The van der Waals surface area contributed by atoms with E-state index < -0.39 is 0 Å². The van der Waals surface area contributed by atoms with Gasteiger partial charge in [-0.05, 0) is 18.6 Å². The number of thiazole rings is 1. The van der Waals surface area contributed by atoms with Gasteiger partial charge < -0.3 is 0 Å². The fourth-order valence-electron chi connectivity index (χ4n) is 0.767. The first kappa shape index (κ1) is 12.1. The van der Waals surface area contributed by atoms with Gasteiger partial charge in [-0.15, -0.1) is 11.3 Å². The third-order valence-corrected chi connectivity index (χ3v) is 2.13. The van der Waals surface area contributed by atoms with Crippen LogP contribution < -0.4 is 0 Å². The SMILES string of the molecule is C=Cc1ncsc1/C=C\CC.CC. The smallest absolute Gasteiger partial charge is 0.0806 e. The highest BCUT2D eigenvalue weighted by molar-refractivity contribution is 7.10. The van der Waals surface area contributed by atoms with Gasteiger partial charge in [0.05, 0.1) is 16.1 Å². The molecule has 0 spiro atoms. The van der Waals surface area contributed by atoms with E-state index in [-0.39, 0.29) is 0 Å². The maximum Gasteiger partial charge on any atom is 0.0806 e. The van der Waals surface area contributed by atoms with Gasteiger partial charge in [0.2, 0.25) is 0 Å². The molecule has 0 atom stereocenters. The molecule has 13 heavy (non-hydrogen) atoms. The van der Waals surface area contributed by atoms with Crippen molar-refractivity contribution in [2.45, 2.75) is 27.2 Å². The number of nitrogens with zero attached hydrogens (tertiary/aromatic N) is 1. The van der Waals surface area contributed by atoms with E-state index in [1.165, 1.54) is 4.88 Å². The second kappa shape index (κ2) is 7.74. The molecule has 0 N–H and O–H groups in total. The Kier molecular flexibility index (Phi) is 7.21. The Bertz CT molecular complexity index is 261. The minimum Gasteiger partial charge on any atom is -0.245 e. The highest BCUT2D eigenvalue weighted by Crippen LogP contribution is 2.16. The molecule has 2 heteroatoms. The molecule has 1 nitrogen and oxygen atoms in total. The topological polar surface area (TPSA) is 12.9 Å². The summed E-state index contributed by atoms with van der Waals surface area (Å²) in [6, 6.07) is 0. The van der Waals surface area contributed by atoms with Crippen LogP contribution >= 0.6 is 11.3 Å². The summed E-state index contributed by atoms with van der Waals surface area (Å²) >= 11 is 1.64. The van der Waals surface area contributed by atoms with E-state index in [0.717, 1.165) is 12.1 Å². The molecule has 0 unspecified atom stereocenters. The lowest BCUT2D eigenvalue weighted by atomic mass is 10.3. The molecule has 1 aromatic heterocycles. The van der Waals surface area contributed by atoms with Crippen LogP contribution in [0.15, 0.2) is 18.2 Å². The van der Waals surface area contributed by atoms with Crippen molar-refractivity contribution < 1.29 is 0 Å². The molecule has 0 fully saturated rings. The van der Waals surface area contributed by atoms with Gasteiger partial charge in [0.1, 0.15) is 0 Å². The normalized spacial score (nSPS) is 9.46. The summed E-state index contributed by atoms with van der Waals surface area (Å²) in [5.41, 5.74) is 2.83. The Hall–Kier alpha value is -0.890. The minimum atomic E-state index is 0.986. The van der Waals surface area contributed by atoms with Gasteiger partial charge in [-0.2, -0.15) is 0 Å². The average Bonchev–Trinajstić information content (AvgIpc) is 2.65. The summed E-state index contributed by atoms with van der Waals surface area (Å²) in [6.45, 7) is 9.80. The largest absolute Gasteiger partial charge is 0.245 e. The molecule has 0 aliphatic carbocycles. The van der Waals surface area contributed by atoms with Gasteiger partial charge in [-0.1, -0.05) is 33.4 Å². The molecule has 72 valence electrons. The van der Waals surface area contributed by atoms with Crippen LogP contribution in [0, 0.1) is 0 Å². The van der Waals surface area contributed by atoms with Gasteiger partial charge >= 0.3 is 0 Å². The van der Waals surface area contributed by atoms with Crippen molar-refractivity contribution in [1.82, 2.24) is 4.98 Å². The Labute approximate surface area is 84.8 Å². The number of aromatic nitrogens is 1. The molecule has 1 rings (SSSR count). The van der Waals surface area contributed by atoms with Crippen molar-refractivity contribution in [3.8, 4) is 0 Å². The molecule has 1 heterocycles. The zero-order valence-electron chi connectivity index (χ0n) is 8.58. The Morgan fingerprint density at radius 3 is 2.77 bits per heavy atom. The van der Waals surface area contributed by atoms with E-state index in [1.807, 2.05) is 19.4 Å². The Morgan fingerprint density at radius 2 is 2.23 bits per heavy atom. The summed E-state index contributed by atoms with van der Waals surface area (Å²) in [5, 5.41) is 0. The fraction of sp³-hybridized carbons (Fsp3) is 0.364. The van der Waals surface area contributed by atoms with Crippen molar-refractivity contribution >= 4 is 23.5 Å². The molecule has 0 saturated carbocycles. The van der Waals surface area contributed by atoms with Crippen LogP contribution in [0.1, 0.15) is 37.8 Å². The van der Waals surface area contributed by atoms with E-state index in [0.29, 0.717) is 0 Å². The predicted octanol–water partition coefficient (Wildman–Crippen LogP) is 4.24. The molecule has 0 aliphatic rings. The summed E-state index contributed by atoms with van der Waals surface area (Å²) in [6.07, 6.45) is 7.06. The van der Waals surface area contributed by atoms with E-state index in [4.69, 9.17) is 0 Å². The Balaban J connectivity index is 0.000000671. The lowest BCUT2D eigenvalue weighted by Crippen LogP contribution is -1.71. The zero-order valence-corrected chi connectivity index (χ0v) is 9.40. The first-order valence-corrected chi connectivity index (χ1v) is 5.49. The van der Waals surface area contributed by atoms with E-state index in [1.54, 1.807) is 17.4 Å². The standard InChI is InChI=1S/C9H11NS.C2H6/c1-3-5-6-9-8(4-2)10-7-11-9;1-2/h4-7H,2-3H2,1H3;1-2H3/b6-5-;. The highest BCUT2D eigenvalue weighted by atomic mass is 32.1. The van der Waals surface area contributed by atoms with Gasteiger partial charge in [0.15, 0.2) is 0 Å². The molecule has 0 aromatic carbocycles. The van der Waals surface area contributed by atoms with Crippen molar-refractivity contribution in [2.24, 2.45) is 0 Å². The maximum atomic E-state index is 4.14. The highest BCUT2D eigenvalue weighted by Gasteiger charge is 1.95. The minimum absolute atomic E-state index is 0.986. The number of allylic oxidation sites excluding steroid dienone is 1. The van der Waals surface area contributed by atoms with Crippen LogP contribution in [0.5, 0.6) is 0 Å². The van der Waals surface area contributed by atoms with Crippen molar-refractivity contribution in [3.05, 3.63) is 28.7 Å². The van der Waals surface area contributed by atoms with Crippen LogP contribution in [0.25, 0.3) is 12.2 Å². The molecule has 0 amide bonds. The third-order valence-electron chi connectivity index (χ3n) is 1.32. The predicted molar refractivity (Wildman–Crippen MR) is 62.9 cm³/mol. The molecule has 1 aromatic rings. The molecular weight excluding hydrogens is 178 g/mol. The molecule has 0 bridgehead atoms. The number of rotatable bonds is 3. The van der Waals surface area contributed by atoms with E-state index in [2.05, 4.69) is 30.6 Å². The second-order valence-corrected chi connectivity index (χ2v) is 3.00. The third kappa shape index (κ3) is 4.04. The van der Waals surface area contributed by atoms with Crippen molar-refractivity contribution in [2.75, 3.05) is 0 Å². The lowest BCUT2D eigenvalue weighted by molar-refractivity contribution is 1.23. The molecule has 0 aliphatic heterocycles. The molecular formula is C11H17NS. The fourth-order valence-corrected chi connectivity index (χ4v) is 1.48. The van der Waals surface area contributed by atoms with E-state index >= 15 is 0 Å². The number of hydrogen-bond donors (Lipinski definition) is 0. The van der Waals surface area contributed by atoms with Gasteiger partial charge in [0, 0.05) is 0 Å². The van der Waals surface area contributed by atoms with Crippen LogP contribution in [0.3, 0.4) is 0 Å². The van der Waals surface area contributed by atoms with Gasteiger partial charge in [-0.25, -0.2) is 4.98 Å². The molecule has 0 radical (unpaired) electrons. The van der Waals surface area contributed by atoms with Crippen LogP contribution in [-0.2, 0) is 0 Å². The number of hydrogen-bond acceptors (Lipinski definition) is 2. The quantitative estimate of drug-likeness (QED) is 0.703. The van der Waals surface area contributed by atoms with Crippen LogP contribution in [0.4, 0.5) is 0 Å². The zero-order chi connectivity index (χ0) is 10.1. The van der Waals surface area contributed by atoms with Crippen molar-refractivity contribution in [3.63, 3.8) is 0 Å². The van der Waals surface area contributed by atoms with E-state index in [9.17, 15) is 0 Å². The summed E-state index contributed by atoms with van der Waals surface area (Å²) in [7, 11) is 0. The average molecular weight is 195 g/mol. The molecule has 0 saturated heterocycles. The second-order valence-electron chi connectivity index (χ2n) is 2.12. The first-order valence-electron chi connectivity index (χ1n) is 4.61. The van der Waals surface area contributed by atoms with Crippen LogP contribution in [-0.4, -0.2) is 4.98 Å². The first-order chi connectivity index (χ1) is 6.38. The summed E-state index contributed by atoms with van der Waals surface area (Å²) in [4.78, 5) is 5.33. The maximum absolute atomic E-state index is 4.14.